The maximum Gasteiger partial charge on any atom is 0.199 e. The molecule has 0 amide bonds. The van der Waals surface area contributed by atoms with Crippen molar-refractivity contribution in [3.05, 3.63) is 53.5 Å². The van der Waals surface area contributed by atoms with Crippen molar-refractivity contribution in [3.63, 3.8) is 0 Å². The summed E-state index contributed by atoms with van der Waals surface area (Å²) in [6, 6.07) is 11.3. The molecule has 3 aromatic rings. The Kier molecular flexibility index (Phi) is 6.51. The topological polar surface area (TPSA) is 65.2 Å². The van der Waals surface area contributed by atoms with Crippen molar-refractivity contribution in [2.75, 3.05) is 26.4 Å². The number of pyridine rings is 1. The zero-order valence-corrected chi connectivity index (χ0v) is 18.7. The summed E-state index contributed by atoms with van der Waals surface area (Å²) < 4.78 is 18.0. The predicted octanol–water partition coefficient (Wildman–Crippen LogP) is 5.09. The van der Waals surface area contributed by atoms with Gasteiger partial charge in [0.15, 0.2) is 15.9 Å². The summed E-state index contributed by atoms with van der Waals surface area (Å²) in [5, 5.41) is 2.12. The lowest BCUT2D eigenvalue weighted by atomic mass is 9.97. The molecule has 0 bridgehead atoms. The monoisotopic (exact) mass is 447 g/mol. The van der Waals surface area contributed by atoms with E-state index >= 15 is 0 Å². The van der Waals surface area contributed by atoms with Gasteiger partial charge in [0.05, 0.1) is 5.02 Å². The van der Waals surface area contributed by atoms with Crippen molar-refractivity contribution in [1.29, 1.82) is 0 Å². The molecular formula is C21H22ClN3O2S2. The van der Waals surface area contributed by atoms with Crippen LogP contribution in [-0.2, 0) is 11.2 Å². The third kappa shape index (κ3) is 4.98. The van der Waals surface area contributed by atoms with Gasteiger partial charge in [0.25, 0.3) is 0 Å². The van der Waals surface area contributed by atoms with Crippen LogP contribution in [0.3, 0.4) is 0 Å². The molecule has 1 saturated heterocycles. The molecule has 0 saturated carbocycles. The Bertz CT molecular complexity index is 953. The number of aromatic nitrogens is 2. The first kappa shape index (κ1) is 20.8. The van der Waals surface area contributed by atoms with Gasteiger partial charge in [0, 0.05) is 17.7 Å². The highest BCUT2D eigenvalue weighted by Gasteiger charge is 2.26. The van der Waals surface area contributed by atoms with Crippen LogP contribution in [0.1, 0.15) is 24.7 Å². The van der Waals surface area contributed by atoms with Crippen LogP contribution in [0.5, 0.6) is 0 Å². The first-order valence-electron chi connectivity index (χ1n) is 9.42. The van der Waals surface area contributed by atoms with Crippen molar-refractivity contribution in [2.45, 2.75) is 33.8 Å². The van der Waals surface area contributed by atoms with Gasteiger partial charge in [0.2, 0.25) is 0 Å². The lowest BCUT2D eigenvalue weighted by Gasteiger charge is -2.26. The van der Waals surface area contributed by atoms with E-state index in [4.69, 9.17) is 21.0 Å². The van der Waals surface area contributed by atoms with Gasteiger partial charge in [-0.25, -0.2) is 9.97 Å². The fraction of sp³-hybridized carbons (Fsp3) is 0.333. The third-order valence-electron chi connectivity index (χ3n) is 5.04. The van der Waals surface area contributed by atoms with Crippen LogP contribution in [-0.4, -0.2) is 45.8 Å². The van der Waals surface area contributed by atoms with Gasteiger partial charge in [-0.2, -0.15) is 0 Å². The number of hydrogen-bond donors (Lipinski definition) is 0. The Morgan fingerprint density at radius 1 is 1.17 bits per heavy atom. The Labute approximate surface area is 183 Å². The summed E-state index contributed by atoms with van der Waals surface area (Å²) >= 11 is 6.40. The summed E-state index contributed by atoms with van der Waals surface area (Å²) in [6.07, 6.45) is 5.38. The predicted molar refractivity (Wildman–Crippen MR) is 117 cm³/mol. The third-order valence-corrected chi connectivity index (χ3v) is 7.11. The van der Waals surface area contributed by atoms with Gasteiger partial charge in [-0.15, -0.1) is 0 Å². The highest BCUT2D eigenvalue weighted by atomic mass is 35.5. The number of rotatable bonds is 5. The van der Waals surface area contributed by atoms with Gasteiger partial charge >= 0.3 is 0 Å². The zero-order valence-electron chi connectivity index (χ0n) is 16.3. The minimum absolute atomic E-state index is 0.319. The number of nitrogens with zero attached hydrogens (tertiary/aromatic N) is 3. The first-order chi connectivity index (χ1) is 14.0. The molecule has 8 heteroatoms. The number of halogens is 1. The summed E-state index contributed by atoms with van der Waals surface area (Å²) in [4.78, 5) is 12.4. The Morgan fingerprint density at radius 3 is 2.52 bits per heavy atom. The van der Waals surface area contributed by atoms with Gasteiger partial charge in [-0.3, -0.25) is 0 Å². The standard InChI is InChI=1S/C21H22ClN3O2S2/c1-25-11-9-15(10-12-25)20-24-19(14-3-6-17(7-4-14)29(2)26)21(27-20)28-18-8-5-16(22)13-23-18/h3-8,13,15H,9-12H2,1-2H3. The van der Waals surface area contributed by atoms with Crippen molar-refractivity contribution in [3.8, 4) is 11.3 Å². The van der Waals surface area contributed by atoms with Gasteiger partial charge in [-0.05, 0) is 92.3 Å². The van der Waals surface area contributed by atoms with Crippen LogP contribution in [0.15, 0.2) is 62.0 Å². The van der Waals surface area contributed by atoms with Gasteiger partial charge in [0.1, 0.15) is 17.0 Å². The van der Waals surface area contributed by atoms with E-state index < -0.39 is 11.2 Å². The highest BCUT2D eigenvalue weighted by molar-refractivity contribution is 7.99. The smallest absolute Gasteiger partial charge is 0.199 e. The normalized spacial score (nSPS) is 16.8. The molecule has 0 N–H and O–H groups in total. The van der Waals surface area contributed by atoms with Gasteiger partial charge < -0.3 is 13.9 Å². The van der Waals surface area contributed by atoms with E-state index in [0.717, 1.165) is 58.1 Å². The average molecular weight is 448 g/mol. The lowest BCUT2D eigenvalue weighted by Crippen LogP contribution is -2.29. The Morgan fingerprint density at radius 2 is 1.90 bits per heavy atom. The molecule has 3 heterocycles. The van der Waals surface area contributed by atoms with Crippen LogP contribution < -0.4 is 0 Å². The molecule has 2 aromatic heterocycles. The Balaban J connectivity index is 1.67. The molecule has 152 valence electrons. The number of hydrogen-bond acceptors (Lipinski definition) is 6. The molecule has 1 aliphatic rings. The first-order valence-corrected chi connectivity index (χ1v) is 12.2. The van der Waals surface area contributed by atoms with E-state index in [0.29, 0.717) is 10.9 Å². The summed E-state index contributed by atoms with van der Waals surface area (Å²) in [5.41, 5.74) is 1.74. The largest absolute Gasteiger partial charge is 0.612 e. The van der Waals surface area contributed by atoms with Crippen LogP contribution in [0, 0.1) is 0 Å². The molecule has 1 aliphatic heterocycles. The van der Waals surface area contributed by atoms with Crippen molar-refractivity contribution in [2.24, 2.45) is 0 Å². The molecule has 4 rings (SSSR count). The maximum atomic E-state index is 11.7. The van der Waals surface area contributed by atoms with Crippen molar-refractivity contribution in [1.82, 2.24) is 14.9 Å². The lowest BCUT2D eigenvalue weighted by molar-refractivity contribution is 0.232. The van der Waals surface area contributed by atoms with Crippen LogP contribution in [0.2, 0.25) is 5.02 Å². The summed E-state index contributed by atoms with van der Waals surface area (Å²) in [7, 11) is 2.14. The minimum atomic E-state index is -1.01. The maximum absolute atomic E-state index is 11.7. The van der Waals surface area contributed by atoms with E-state index in [1.807, 2.05) is 36.4 Å². The van der Waals surface area contributed by atoms with E-state index in [1.165, 1.54) is 11.8 Å². The molecule has 1 unspecified atom stereocenters. The highest BCUT2D eigenvalue weighted by Crippen LogP contribution is 2.39. The van der Waals surface area contributed by atoms with E-state index in [-0.39, 0.29) is 0 Å². The molecule has 0 radical (unpaired) electrons. The van der Waals surface area contributed by atoms with E-state index in [9.17, 15) is 4.55 Å². The average Bonchev–Trinajstić information content (AvgIpc) is 3.14. The minimum Gasteiger partial charge on any atom is -0.612 e. The molecule has 29 heavy (non-hydrogen) atoms. The molecule has 0 aliphatic carbocycles. The number of likely N-dealkylation sites (tertiary alicyclic amines) is 1. The van der Waals surface area contributed by atoms with Crippen LogP contribution in [0.25, 0.3) is 11.3 Å². The molecule has 1 aromatic carbocycles. The fourth-order valence-corrected chi connectivity index (χ4v) is 4.78. The number of oxazole rings is 1. The van der Waals surface area contributed by atoms with Crippen molar-refractivity contribution >= 4 is 34.5 Å². The summed E-state index contributed by atoms with van der Waals surface area (Å²) in [6.45, 7) is 2.08. The molecule has 5 nitrogen and oxygen atoms in total. The summed E-state index contributed by atoms with van der Waals surface area (Å²) in [5.74, 6) is 1.10. The second kappa shape index (κ2) is 9.10. The van der Waals surface area contributed by atoms with E-state index in [1.54, 1.807) is 12.5 Å². The number of piperidine rings is 1. The van der Waals surface area contributed by atoms with Crippen molar-refractivity contribution < 1.29 is 8.97 Å². The SMILES string of the molecule is CN1CCC(c2nc(-c3ccc([S+](C)[O-])cc3)c(Sc3ccc(Cl)cn3)o2)CC1. The quantitative estimate of drug-likeness (QED) is 0.507. The second-order valence-electron chi connectivity index (χ2n) is 7.16. The zero-order chi connectivity index (χ0) is 20.4. The molecular weight excluding hydrogens is 426 g/mol. The molecule has 1 atom stereocenters. The second-order valence-corrected chi connectivity index (χ2v) is 9.97. The van der Waals surface area contributed by atoms with Gasteiger partial charge in [-0.1, -0.05) is 11.6 Å². The van der Waals surface area contributed by atoms with Crippen LogP contribution in [0.4, 0.5) is 0 Å². The molecule has 0 spiro atoms. The van der Waals surface area contributed by atoms with E-state index in [2.05, 4.69) is 16.9 Å². The van der Waals surface area contributed by atoms with Crippen LogP contribution >= 0.6 is 23.4 Å². The number of benzene rings is 1. The Hall–Kier alpha value is -1.51. The molecule has 1 fully saturated rings. The fourth-order valence-electron chi connectivity index (χ4n) is 3.33.